The highest BCUT2D eigenvalue weighted by molar-refractivity contribution is 6.30. The molecule has 2 aromatic rings. The van der Waals surface area contributed by atoms with Gasteiger partial charge in [0.15, 0.2) is 0 Å². The third-order valence-electron chi connectivity index (χ3n) is 2.09. The van der Waals surface area contributed by atoms with Gasteiger partial charge in [-0.15, -0.1) is 10.2 Å². The normalized spacial score (nSPS) is 10.9. The topological polar surface area (TPSA) is 68.0 Å². The van der Waals surface area contributed by atoms with E-state index in [2.05, 4.69) is 10.2 Å². The van der Waals surface area contributed by atoms with E-state index in [1.165, 1.54) is 18.7 Å². The summed E-state index contributed by atoms with van der Waals surface area (Å²) in [6.07, 6.45) is 5.59. The number of rotatable bonds is 3. The Morgan fingerprint density at radius 2 is 2.06 bits per heavy atom. The summed E-state index contributed by atoms with van der Waals surface area (Å²) in [5.74, 6) is -1.01. The van der Waals surface area contributed by atoms with Gasteiger partial charge in [-0.25, -0.2) is 4.79 Å². The van der Waals surface area contributed by atoms with Crippen molar-refractivity contribution in [2.75, 3.05) is 0 Å². The average Bonchev–Trinajstić information content (AvgIpc) is 2.80. The molecule has 6 heteroatoms. The van der Waals surface area contributed by atoms with Gasteiger partial charge in [-0.3, -0.25) is 4.57 Å². The van der Waals surface area contributed by atoms with Gasteiger partial charge in [0, 0.05) is 16.7 Å². The van der Waals surface area contributed by atoms with Gasteiger partial charge in [-0.1, -0.05) is 11.6 Å². The van der Waals surface area contributed by atoms with Crippen LogP contribution in [0.1, 0.15) is 5.56 Å². The molecule has 0 saturated heterocycles. The van der Waals surface area contributed by atoms with E-state index in [-0.39, 0.29) is 0 Å². The Kier molecular flexibility index (Phi) is 3.20. The molecule has 0 unspecified atom stereocenters. The highest BCUT2D eigenvalue weighted by Gasteiger charge is 2.03. The van der Waals surface area contributed by atoms with Crippen molar-refractivity contribution < 1.29 is 9.90 Å². The second-order valence-electron chi connectivity index (χ2n) is 3.24. The first-order chi connectivity index (χ1) is 8.16. The summed E-state index contributed by atoms with van der Waals surface area (Å²) >= 11 is 5.87. The molecule has 86 valence electrons. The fourth-order valence-corrected chi connectivity index (χ4v) is 1.56. The van der Waals surface area contributed by atoms with E-state index in [4.69, 9.17) is 16.7 Å². The molecule has 1 aromatic carbocycles. The Balaban J connectivity index is 2.48. The van der Waals surface area contributed by atoms with Gasteiger partial charge in [0.25, 0.3) is 0 Å². The van der Waals surface area contributed by atoms with Crippen molar-refractivity contribution in [2.45, 2.75) is 0 Å². The molecule has 0 aliphatic rings. The van der Waals surface area contributed by atoms with Crippen LogP contribution >= 0.6 is 11.6 Å². The van der Waals surface area contributed by atoms with Crippen LogP contribution in [0.4, 0.5) is 0 Å². The van der Waals surface area contributed by atoms with Gasteiger partial charge in [-0.05, 0) is 24.3 Å². The van der Waals surface area contributed by atoms with Crippen molar-refractivity contribution in [3.8, 4) is 5.69 Å². The van der Waals surface area contributed by atoms with Gasteiger partial charge in [0.2, 0.25) is 0 Å². The smallest absolute Gasteiger partial charge is 0.328 e. The Bertz CT molecular complexity index is 564. The Morgan fingerprint density at radius 1 is 1.35 bits per heavy atom. The lowest BCUT2D eigenvalue weighted by atomic mass is 10.1. The van der Waals surface area contributed by atoms with Gasteiger partial charge >= 0.3 is 5.97 Å². The van der Waals surface area contributed by atoms with Crippen LogP contribution in [0.2, 0.25) is 5.02 Å². The molecule has 5 nitrogen and oxygen atoms in total. The predicted molar refractivity (Wildman–Crippen MR) is 63.0 cm³/mol. The van der Waals surface area contributed by atoms with E-state index < -0.39 is 5.97 Å². The molecule has 0 radical (unpaired) electrons. The number of carboxylic acids is 1. The van der Waals surface area contributed by atoms with E-state index in [0.717, 1.165) is 11.8 Å². The molecule has 0 atom stereocenters. The minimum atomic E-state index is -1.01. The zero-order valence-electron chi connectivity index (χ0n) is 8.62. The minimum absolute atomic E-state index is 0.534. The van der Waals surface area contributed by atoms with E-state index >= 15 is 0 Å². The lowest BCUT2D eigenvalue weighted by Crippen LogP contribution is -1.94. The second-order valence-corrected chi connectivity index (χ2v) is 3.68. The van der Waals surface area contributed by atoms with Crippen molar-refractivity contribution in [1.82, 2.24) is 14.8 Å². The molecule has 0 fully saturated rings. The van der Waals surface area contributed by atoms with Crippen molar-refractivity contribution in [3.63, 3.8) is 0 Å². The molecule has 1 heterocycles. The van der Waals surface area contributed by atoms with Crippen LogP contribution in [0, 0.1) is 0 Å². The lowest BCUT2D eigenvalue weighted by molar-refractivity contribution is -0.131. The van der Waals surface area contributed by atoms with E-state index in [1.54, 1.807) is 22.8 Å². The van der Waals surface area contributed by atoms with Crippen molar-refractivity contribution in [3.05, 3.63) is 47.5 Å². The number of hydrogen-bond acceptors (Lipinski definition) is 3. The molecule has 17 heavy (non-hydrogen) atoms. The molecular formula is C11H8ClN3O2. The third-order valence-corrected chi connectivity index (χ3v) is 2.33. The molecule has 0 bridgehead atoms. The van der Waals surface area contributed by atoms with E-state index in [1.807, 2.05) is 0 Å². The highest BCUT2D eigenvalue weighted by atomic mass is 35.5. The molecular weight excluding hydrogens is 242 g/mol. The van der Waals surface area contributed by atoms with Gasteiger partial charge in [0.05, 0.1) is 5.69 Å². The molecule has 0 saturated carbocycles. The van der Waals surface area contributed by atoms with Crippen LogP contribution in [-0.4, -0.2) is 25.8 Å². The van der Waals surface area contributed by atoms with Crippen molar-refractivity contribution in [1.29, 1.82) is 0 Å². The summed E-state index contributed by atoms with van der Waals surface area (Å²) in [5.41, 5.74) is 1.44. The lowest BCUT2D eigenvalue weighted by Gasteiger charge is -2.06. The first kappa shape index (κ1) is 11.3. The maximum atomic E-state index is 10.5. The first-order valence-corrected chi connectivity index (χ1v) is 5.10. The third kappa shape index (κ3) is 2.70. The highest BCUT2D eigenvalue weighted by Crippen LogP contribution is 2.20. The van der Waals surface area contributed by atoms with Crippen LogP contribution in [0.15, 0.2) is 36.9 Å². The summed E-state index contributed by atoms with van der Waals surface area (Å²) in [5, 5.41) is 16.5. The van der Waals surface area contributed by atoms with Gasteiger partial charge in [0.1, 0.15) is 12.7 Å². The summed E-state index contributed by atoms with van der Waals surface area (Å²) in [4.78, 5) is 10.5. The summed E-state index contributed by atoms with van der Waals surface area (Å²) in [7, 11) is 0. The number of benzene rings is 1. The van der Waals surface area contributed by atoms with Crippen LogP contribution in [0.5, 0.6) is 0 Å². The maximum absolute atomic E-state index is 10.5. The average molecular weight is 250 g/mol. The molecule has 2 rings (SSSR count). The molecule has 0 amide bonds. The second kappa shape index (κ2) is 4.80. The fourth-order valence-electron chi connectivity index (χ4n) is 1.38. The molecule has 1 N–H and O–H groups in total. The number of nitrogens with zero attached hydrogens (tertiary/aromatic N) is 3. The maximum Gasteiger partial charge on any atom is 0.328 e. The summed E-state index contributed by atoms with van der Waals surface area (Å²) in [6.45, 7) is 0. The van der Waals surface area contributed by atoms with Crippen LogP contribution in [0.3, 0.4) is 0 Å². The van der Waals surface area contributed by atoms with Gasteiger partial charge < -0.3 is 5.11 Å². The zero-order chi connectivity index (χ0) is 12.3. The van der Waals surface area contributed by atoms with E-state index in [0.29, 0.717) is 10.6 Å². The fraction of sp³-hybridized carbons (Fsp3) is 0. The van der Waals surface area contributed by atoms with Crippen molar-refractivity contribution in [2.24, 2.45) is 0 Å². The minimum Gasteiger partial charge on any atom is -0.478 e. The largest absolute Gasteiger partial charge is 0.478 e. The van der Waals surface area contributed by atoms with Gasteiger partial charge in [-0.2, -0.15) is 0 Å². The Labute approximate surface area is 102 Å². The number of aliphatic carboxylic acids is 1. The Hall–Kier alpha value is -2.14. The van der Waals surface area contributed by atoms with Crippen LogP contribution in [0.25, 0.3) is 11.8 Å². The molecule has 0 aliphatic carbocycles. The SMILES string of the molecule is O=C(O)/C=C/c1cc(Cl)ccc1-n1cnnc1. The Morgan fingerprint density at radius 3 is 2.71 bits per heavy atom. The number of carboxylic acid groups (broad SMARTS) is 1. The zero-order valence-corrected chi connectivity index (χ0v) is 9.37. The van der Waals surface area contributed by atoms with Crippen molar-refractivity contribution >= 4 is 23.6 Å². The number of aromatic nitrogens is 3. The standard InChI is InChI=1S/C11H8ClN3O2/c12-9-2-3-10(15-6-13-14-7-15)8(5-9)1-4-11(16)17/h1-7H,(H,16,17)/b4-1+. The molecule has 0 aliphatic heterocycles. The number of carbonyl (C=O) groups is 1. The first-order valence-electron chi connectivity index (χ1n) is 4.72. The molecule has 0 spiro atoms. The molecule has 1 aromatic heterocycles. The number of halogens is 1. The number of hydrogen-bond donors (Lipinski definition) is 1. The monoisotopic (exact) mass is 249 g/mol. The van der Waals surface area contributed by atoms with E-state index in [9.17, 15) is 4.79 Å². The summed E-state index contributed by atoms with van der Waals surface area (Å²) < 4.78 is 1.68. The predicted octanol–water partition coefficient (Wildman–Crippen LogP) is 2.02. The summed E-state index contributed by atoms with van der Waals surface area (Å²) in [6, 6.07) is 5.17. The van der Waals surface area contributed by atoms with Crippen LogP contribution in [-0.2, 0) is 4.79 Å². The van der Waals surface area contributed by atoms with Crippen LogP contribution < -0.4 is 0 Å². The quantitative estimate of drug-likeness (QED) is 0.845.